The lowest BCUT2D eigenvalue weighted by Gasteiger charge is -2.21. The van der Waals surface area contributed by atoms with Crippen LogP contribution in [-0.4, -0.2) is 96.7 Å². The van der Waals surface area contributed by atoms with Crippen molar-refractivity contribution in [2.24, 2.45) is 0 Å². The molecule has 104 heavy (non-hydrogen) atoms. The van der Waals surface area contributed by atoms with E-state index in [4.69, 9.17) is 37.0 Å². The van der Waals surface area contributed by atoms with E-state index in [0.717, 1.165) is 154 Å². The first-order valence-corrected chi connectivity index (χ1v) is 43.4. The van der Waals surface area contributed by atoms with Gasteiger partial charge in [0.2, 0.25) is 0 Å². The molecule has 3 N–H and O–H groups in total. The highest BCUT2D eigenvalue weighted by Gasteiger charge is 2.30. The molecule has 0 aliphatic carbocycles. The fourth-order valence-corrected chi connectivity index (χ4v) is 12.1. The topological polar surface area (TPSA) is 237 Å². The molecule has 0 saturated carbocycles. The second-order valence-corrected chi connectivity index (χ2v) is 29.5. The number of hydrogen-bond donors (Lipinski definition) is 3. The molecule has 0 saturated heterocycles. The quantitative estimate of drug-likeness (QED) is 0.0169. The Hall–Kier alpha value is -4.80. The summed E-state index contributed by atoms with van der Waals surface area (Å²) in [7, 11) is -9.99. The Balaban J connectivity index is 5.44. The summed E-state index contributed by atoms with van der Waals surface area (Å²) in [4.78, 5) is 73.0. The van der Waals surface area contributed by atoms with Crippen LogP contribution in [0.5, 0.6) is 0 Å². The van der Waals surface area contributed by atoms with E-state index in [0.29, 0.717) is 32.1 Å². The maximum atomic E-state index is 13.1. The number of phosphoric acid groups is 2. The van der Waals surface area contributed by atoms with E-state index in [9.17, 15) is 43.2 Å². The second kappa shape index (κ2) is 76.4. The van der Waals surface area contributed by atoms with Crippen molar-refractivity contribution in [1.29, 1.82) is 0 Å². The Morgan fingerprint density at radius 2 is 0.519 bits per heavy atom. The Labute approximate surface area is 631 Å². The molecule has 0 aromatic rings. The standard InChI is InChI=1S/C85H144O17P2/c1-5-9-13-17-21-25-29-33-37-38-39-40-44-46-50-54-58-62-66-70-83(88)96-76-81(102-85(90)72-68-64-60-56-52-48-43-36-32-28-24-20-16-12-8-4)78-100-104(93,94)98-74-79(86)73-97-103(91,92)99-77-80(101-84(89)71-67-63-59-55-51-47-42-35-31-27-23-19-15-11-7-3)75-95-82(87)69-65-61-57-53-49-45-41-34-30-26-22-18-14-10-6-2/h9,12-13,16,21-22,24-26,28,33-34,36-37,39-41,43,46,50,58,62,79-81,86H,5-8,10-11,14-15,17-20,23,27,29-32,35,38,42,44-45,47-49,51-57,59-61,63-78H2,1-4H3,(H,91,92)(H,93,94)/b13-9-,16-12-,25-21-,26-22-,28-24-,37-33-,40-39-,41-34-,43-36-,50-46-,62-58-. The lowest BCUT2D eigenvalue weighted by atomic mass is 10.0. The minimum Gasteiger partial charge on any atom is -0.462 e. The molecular weight excluding hydrogens is 1350 g/mol. The van der Waals surface area contributed by atoms with Crippen molar-refractivity contribution in [3.8, 4) is 0 Å². The monoisotopic (exact) mass is 1500 g/mol. The van der Waals surface area contributed by atoms with Crippen molar-refractivity contribution in [3.05, 3.63) is 134 Å². The fourth-order valence-electron chi connectivity index (χ4n) is 10.5. The van der Waals surface area contributed by atoms with E-state index in [-0.39, 0.29) is 25.7 Å². The van der Waals surface area contributed by atoms with Crippen LogP contribution in [0.4, 0.5) is 0 Å². The van der Waals surface area contributed by atoms with Crippen molar-refractivity contribution in [3.63, 3.8) is 0 Å². The van der Waals surface area contributed by atoms with Crippen LogP contribution in [0.25, 0.3) is 0 Å². The summed E-state index contributed by atoms with van der Waals surface area (Å²) in [6.45, 7) is 4.53. The molecule has 0 radical (unpaired) electrons. The summed E-state index contributed by atoms with van der Waals surface area (Å²) in [6, 6.07) is 0. The van der Waals surface area contributed by atoms with Gasteiger partial charge in [0.1, 0.15) is 19.3 Å². The van der Waals surface area contributed by atoms with Crippen molar-refractivity contribution >= 4 is 39.5 Å². The van der Waals surface area contributed by atoms with Gasteiger partial charge in [0, 0.05) is 25.7 Å². The van der Waals surface area contributed by atoms with Gasteiger partial charge in [-0.15, -0.1) is 0 Å². The van der Waals surface area contributed by atoms with E-state index >= 15 is 0 Å². The van der Waals surface area contributed by atoms with Gasteiger partial charge in [-0.25, -0.2) is 9.13 Å². The number of unbranched alkanes of at least 4 members (excludes halogenated alkanes) is 27. The van der Waals surface area contributed by atoms with E-state index in [1.165, 1.54) is 83.5 Å². The van der Waals surface area contributed by atoms with Gasteiger partial charge < -0.3 is 33.8 Å². The number of carbonyl (C=O) groups is 4. The molecule has 17 nitrogen and oxygen atoms in total. The molecule has 0 spiro atoms. The average Bonchev–Trinajstić information content (AvgIpc) is 0.918. The predicted molar refractivity (Wildman–Crippen MR) is 427 cm³/mol. The molecule has 0 aliphatic heterocycles. The van der Waals surface area contributed by atoms with Gasteiger partial charge in [-0.1, -0.05) is 303 Å². The van der Waals surface area contributed by atoms with Gasteiger partial charge in [0.05, 0.1) is 26.4 Å². The molecule has 0 heterocycles. The second-order valence-electron chi connectivity index (χ2n) is 26.6. The summed E-state index contributed by atoms with van der Waals surface area (Å²) >= 11 is 0. The van der Waals surface area contributed by atoms with Crippen LogP contribution in [0.1, 0.15) is 323 Å². The minimum atomic E-state index is -5.00. The number of phosphoric ester groups is 2. The van der Waals surface area contributed by atoms with E-state index in [1.807, 2.05) is 18.2 Å². The zero-order chi connectivity index (χ0) is 76.0. The Morgan fingerprint density at radius 1 is 0.279 bits per heavy atom. The predicted octanol–water partition coefficient (Wildman–Crippen LogP) is 23.7. The Kier molecular flexibility index (Phi) is 72.9. The smallest absolute Gasteiger partial charge is 0.462 e. The largest absolute Gasteiger partial charge is 0.472 e. The molecule has 0 aromatic heterocycles. The fraction of sp³-hybridized carbons (Fsp3) is 0.694. The van der Waals surface area contributed by atoms with E-state index in [1.54, 1.807) is 0 Å². The number of allylic oxidation sites excluding steroid dienone is 22. The molecule has 19 heteroatoms. The summed E-state index contributed by atoms with van der Waals surface area (Å²) in [5.74, 6) is -2.30. The van der Waals surface area contributed by atoms with Crippen LogP contribution < -0.4 is 0 Å². The Morgan fingerprint density at radius 3 is 0.846 bits per heavy atom. The molecule has 0 bridgehead atoms. The van der Waals surface area contributed by atoms with E-state index in [2.05, 4.69) is 143 Å². The third kappa shape index (κ3) is 75.4. The molecule has 0 aromatic carbocycles. The van der Waals surface area contributed by atoms with Crippen LogP contribution in [-0.2, 0) is 65.4 Å². The van der Waals surface area contributed by atoms with Crippen LogP contribution in [0.2, 0.25) is 0 Å². The van der Waals surface area contributed by atoms with E-state index < -0.39 is 97.5 Å². The zero-order valence-electron chi connectivity index (χ0n) is 65.2. The number of carbonyl (C=O) groups excluding carboxylic acids is 4. The van der Waals surface area contributed by atoms with Gasteiger partial charge in [-0.3, -0.25) is 37.3 Å². The van der Waals surface area contributed by atoms with Gasteiger partial charge in [-0.05, 0) is 128 Å². The SMILES string of the molecule is CC/C=C\C/C=C\C/C=C\C/C=C\C/C=C\C/C=C\CCC(=O)OCC(COP(=O)(O)OCC(O)COP(=O)(O)OCC(COC(=O)CCCCCCC/C=C\C/C=C\CCCCC)OC(=O)CCCCCCCCCCCCCCCCC)OC(=O)CCCCCCC/C=C\C/C=C\C/C=C\CC. The number of hydrogen-bond acceptors (Lipinski definition) is 15. The van der Waals surface area contributed by atoms with Crippen LogP contribution >= 0.6 is 15.6 Å². The highest BCUT2D eigenvalue weighted by Crippen LogP contribution is 2.45. The average molecular weight is 1500 g/mol. The number of ether oxygens (including phenoxy) is 4. The van der Waals surface area contributed by atoms with Crippen LogP contribution in [0, 0.1) is 0 Å². The van der Waals surface area contributed by atoms with Gasteiger partial charge in [0.15, 0.2) is 12.2 Å². The third-order valence-electron chi connectivity index (χ3n) is 16.6. The molecule has 0 rings (SSSR count). The first kappa shape index (κ1) is 99.2. The molecule has 0 amide bonds. The number of aliphatic hydroxyl groups excluding tert-OH is 1. The highest BCUT2D eigenvalue weighted by atomic mass is 31.2. The lowest BCUT2D eigenvalue weighted by molar-refractivity contribution is -0.161. The molecule has 5 unspecified atom stereocenters. The van der Waals surface area contributed by atoms with Crippen molar-refractivity contribution in [2.75, 3.05) is 39.6 Å². The molecule has 596 valence electrons. The van der Waals surface area contributed by atoms with Crippen molar-refractivity contribution in [1.82, 2.24) is 0 Å². The summed E-state index contributed by atoms with van der Waals surface area (Å²) in [5, 5.41) is 10.6. The summed E-state index contributed by atoms with van der Waals surface area (Å²) in [6.07, 6.45) is 85.8. The zero-order valence-corrected chi connectivity index (χ0v) is 66.9. The lowest BCUT2D eigenvalue weighted by Crippen LogP contribution is -2.30. The molecular formula is C85H144O17P2. The van der Waals surface area contributed by atoms with Crippen molar-refractivity contribution < 1.29 is 80.2 Å². The first-order chi connectivity index (χ1) is 50.7. The number of aliphatic hydroxyl groups is 1. The first-order valence-electron chi connectivity index (χ1n) is 40.4. The number of esters is 4. The van der Waals surface area contributed by atoms with Gasteiger partial charge >= 0.3 is 39.5 Å². The maximum absolute atomic E-state index is 13.1. The highest BCUT2D eigenvalue weighted by molar-refractivity contribution is 7.47. The molecule has 5 atom stereocenters. The normalized spacial score (nSPS) is 14.6. The third-order valence-corrected chi connectivity index (χ3v) is 18.5. The number of rotatable bonds is 75. The van der Waals surface area contributed by atoms with Gasteiger partial charge in [0.25, 0.3) is 0 Å². The van der Waals surface area contributed by atoms with Crippen LogP contribution in [0.15, 0.2) is 134 Å². The Bertz CT molecular complexity index is 2490. The van der Waals surface area contributed by atoms with Crippen LogP contribution in [0.3, 0.4) is 0 Å². The minimum absolute atomic E-state index is 0.0291. The molecule has 0 fully saturated rings. The summed E-state index contributed by atoms with van der Waals surface area (Å²) < 4.78 is 68.6. The van der Waals surface area contributed by atoms with Gasteiger partial charge in [-0.2, -0.15) is 0 Å². The maximum Gasteiger partial charge on any atom is 0.472 e. The molecule has 0 aliphatic rings. The summed E-state index contributed by atoms with van der Waals surface area (Å²) in [5.41, 5.74) is 0. The van der Waals surface area contributed by atoms with Crippen molar-refractivity contribution in [2.45, 2.75) is 341 Å².